The normalized spacial score (nSPS) is 13.0. The van der Waals surface area contributed by atoms with Crippen LogP contribution in [-0.2, 0) is 9.59 Å². The summed E-state index contributed by atoms with van der Waals surface area (Å²) in [5.74, 6) is -0.303. The van der Waals surface area contributed by atoms with Crippen LogP contribution in [0.25, 0.3) is 10.6 Å². The van der Waals surface area contributed by atoms with E-state index in [-0.39, 0.29) is 17.7 Å². The second kappa shape index (κ2) is 12.0. The molecular weight excluding hydrogens is 452 g/mol. The number of hydrogen-bond acceptors (Lipinski definition) is 5. The van der Waals surface area contributed by atoms with Crippen molar-refractivity contribution in [3.05, 3.63) is 28.7 Å². The molecule has 29 heavy (non-hydrogen) atoms. The molecule has 1 aromatic carbocycles. The highest BCUT2D eigenvalue weighted by Crippen LogP contribution is 2.27. The van der Waals surface area contributed by atoms with Gasteiger partial charge in [0.25, 0.3) is 0 Å². The Morgan fingerprint density at radius 1 is 1.10 bits per heavy atom. The van der Waals surface area contributed by atoms with Crippen LogP contribution in [0.3, 0.4) is 0 Å². The first-order chi connectivity index (χ1) is 13.9. The molecule has 0 aliphatic heterocycles. The van der Waals surface area contributed by atoms with Crippen molar-refractivity contribution in [2.24, 2.45) is 5.92 Å². The monoisotopic (exact) mass is 480 g/mol. The van der Waals surface area contributed by atoms with Gasteiger partial charge in [-0.1, -0.05) is 85.9 Å². The minimum Gasteiger partial charge on any atom is -0.344 e. The fourth-order valence-electron chi connectivity index (χ4n) is 2.83. The molecule has 0 saturated carbocycles. The van der Waals surface area contributed by atoms with E-state index in [4.69, 9.17) is 0 Å². The van der Waals surface area contributed by atoms with Crippen LogP contribution in [0.1, 0.15) is 59.3 Å². The first-order valence-electron chi connectivity index (χ1n) is 10.1. The molecule has 6 nitrogen and oxygen atoms in total. The van der Waals surface area contributed by atoms with E-state index in [2.05, 4.69) is 43.7 Å². The summed E-state index contributed by atoms with van der Waals surface area (Å²) in [6.07, 6.45) is 5.38. The molecular formula is C21H29BrN4O2S. The fourth-order valence-corrected chi connectivity index (χ4v) is 3.84. The van der Waals surface area contributed by atoms with E-state index in [0.29, 0.717) is 11.6 Å². The standard InChI is InChI=1S/C21H29BrN4O2S/c1-4-6-7-8-9-17(27)23-18(14(3)5-2)19(28)24-21-26-25-20(29-21)15-10-12-16(22)13-11-15/h10-14,18H,4-9H2,1-3H3,(H,23,27)(H,24,26,28). The number of rotatable bonds is 11. The third-order valence-electron chi connectivity index (χ3n) is 4.82. The van der Waals surface area contributed by atoms with Gasteiger partial charge in [-0.15, -0.1) is 10.2 Å². The smallest absolute Gasteiger partial charge is 0.249 e. The van der Waals surface area contributed by atoms with Crippen LogP contribution in [0, 0.1) is 5.92 Å². The van der Waals surface area contributed by atoms with Gasteiger partial charge in [0.05, 0.1) is 0 Å². The lowest BCUT2D eigenvalue weighted by atomic mass is 9.98. The molecule has 1 aromatic heterocycles. The zero-order valence-corrected chi connectivity index (χ0v) is 19.6. The molecule has 0 bridgehead atoms. The van der Waals surface area contributed by atoms with Crippen molar-refractivity contribution in [1.29, 1.82) is 0 Å². The molecule has 8 heteroatoms. The van der Waals surface area contributed by atoms with Crippen molar-refractivity contribution < 1.29 is 9.59 Å². The molecule has 158 valence electrons. The van der Waals surface area contributed by atoms with Crippen LogP contribution >= 0.6 is 27.3 Å². The van der Waals surface area contributed by atoms with Gasteiger partial charge in [-0.05, 0) is 24.5 Å². The molecule has 0 aliphatic rings. The van der Waals surface area contributed by atoms with Gasteiger partial charge in [-0.25, -0.2) is 0 Å². The Bertz CT molecular complexity index is 794. The van der Waals surface area contributed by atoms with E-state index in [1.807, 2.05) is 38.1 Å². The minimum atomic E-state index is -0.585. The Labute approximate surface area is 185 Å². The second-order valence-corrected chi connectivity index (χ2v) is 9.04. The lowest BCUT2D eigenvalue weighted by molar-refractivity contribution is -0.127. The zero-order valence-electron chi connectivity index (χ0n) is 17.2. The predicted molar refractivity (Wildman–Crippen MR) is 122 cm³/mol. The van der Waals surface area contributed by atoms with E-state index < -0.39 is 6.04 Å². The number of halogens is 1. The molecule has 1 heterocycles. The number of carbonyl (C=O) groups is 2. The Balaban J connectivity index is 1.99. The first kappa shape index (κ1) is 23.5. The van der Waals surface area contributed by atoms with Gasteiger partial charge in [-0.2, -0.15) is 0 Å². The maximum Gasteiger partial charge on any atom is 0.249 e. The van der Waals surface area contributed by atoms with Crippen LogP contribution in [0.5, 0.6) is 0 Å². The van der Waals surface area contributed by atoms with Gasteiger partial charge in [0, 0.05) is 16.5 Å². The van der Waals surface area contributed by atoms with Crippen molar-refractivity contribution in [2.45, 2.75) is 65.3 Å². The number of carbonyl (C=O) groups excluding carboxylic acids is 2. The van der Waals surface area contributed by atoms with Crippen LogP contribution < -0.4 is 10.6 Å². The maximum absolute atomic E-state index is 12.8. The van der Waals surface area contributed by atoms with E-state index in [1.165, 1.54) is 11.3 Å². The number of benzene rings is 1. The zero-order chi connectivity index (χ0) is 21.2. The van der Waals surface area contributed by atoms with Crippen LogP contribution in [0.4, 0.5) is 5.13 Å². The van der Waals surface area contributed by atoms with Crippen molar-refractivity contribution in [1.82, 2.24) is 15.5 Å². The molecule has 2 rings (SSSR count). The van der Waals surface area contributed by atoms with Gasteiger partial charge in [0.1, 0.15) is 11.0 Å². The largest absolute Gasteiger partial charge is 0.344 e. The van der Waals surface area contributed by atoms with Gasteiger partial charge < -0.3 is 5.32 Å². The SMILES string of the molecule is CCCCCCC(=O)NC(C(=O)Nc1nnc(-c2ccc(Br)cc2)s1)C(C)CC. The maximum atomic E-state index is 12.8. The predicted octanol–water partition coefficient (Wildman–Crippen LogP) is 5.41. The number of nitrogens with zero attached hydrogens (tertiary/aromatic N) is 2. The molecule has 0 fully saturated rings. The number of hydrogen-bond donors (Lipinski definition) is 2. The molecule has 2 atom stereocenters. The van der Waals surface area contributed by atoms with Crippen molar-refractivity contribution in [3.8, 4) is 10.6 Å². The Morgan fingerprint density at radius 3 is 2.48 bits per heavy atom. The van der Waals surface area contributed by atoms with Crippen molar-refractivity contribution in [3.63, 3.8) is 0 Å². The van der Waals surface area contributed by atoms with Gasteiger partial charge in [0.2, 0.25) is 16.9 Å². The molecule has 0 aliphatic carbocycles. The first-order valence-corrected chi connectivity index (χ1v) is 11.7. The van der Waals surface area contributed by atoms with E-state index in [9.17, 15) is 9.59 Å². The minimum absolute atomic E-state index is 0.0217. The van der Waals surface area contributed by atoms with E-state index in [1.54, 1.807) is 0 Å². The summed E-state index contributed by atoms with van der Waals surface area (Å²) in [6, 6.07) is 7.17. The van der Waals surface area contributed by atoms with Gasteiger partial charge in [0.15, 0.2) is 0 Å². The summed E-state index contributed by atoms with van der Waals surface area (Å²) in [5, 5.41) is 15.1. The van der Waals surface area contributed by atoms with Crippen molar-refractivity contribution >= 4 is 44.2 Å². The second-order valence-electron chi connectivity index (χ2n) is 7.15. The summed E-state index contributed by atoms with van der Waals surface area (Å²) in [7, 11) is 0. The number of aromatic nitrogens is 2. The lowest BCUT2D eigenvalue weighted by Gasteiger charge is -2.23. The summed E-state index contributed by atoms with van der Waals surface area (Å²) >= 11 is 4.72. The van der Waals surface area contributed by atoms with E-state index >= 15 is 0 Å². The van der Waals surface area contributed by atoms with Crippen LogP contribution in [-0.4, -0.2) is 28.1 Å². The Kier molecular flexibility index (Phi) is 9.73. The molecule has 2 amide bonds. The summed E-state index contributed by atoms with van der Waals surface area (Å²) in [6.45, 7) is 6.11. The third kappa shape index (κ3) is 7.51. The number of amides is 2. The highest BCUT2D eigenvalue weighted by molar-refractivity contribution is 9.10. The summed E-state index contributed by atoms with van der Waals surface area (Å²) in [4.78, 5) is 25.1. The Hall–Kier alpha value is -1.80. The van der Waals surface area contributed by atoms with E-state index in [0.717, 1.165) is 47.1 Å². The molecule has 0 spiro atoms. The third-order valence-corrected chi connectivity index (χ3v) is 6.23. The van der Waals surface area contributed by atoms with Crippen molar-refractivity contribution in [2.75, 3.05) is 5.32 Å². The highest BCUT2D eigenvalue weighted by atomic mass is 79.9. The quantitative estimate of drug-likeness (QED) is 0.421. The summed E-state index contributed by atoms with van der Waals surface area (Å²) in [5.41, 5.74) is 0.935. The average molecular weight is 481 g/mol. The fraction of sp³-hybridized carbons (Fsp3) is 0.524. The molecule has 2 unspecified atom stereocenters. The number of anilines is 1. The van der Waals surface area contributed by atoms with Crippen LogP contribution in [0.15, 0.2) is 28.7 Å². The van der Waals surface area contributed by atoms with Gasteiger partial charge >= 0.3 is 0 Å². The van der Waals surface area contributed by atoms with Crippen LogP contribution in [0.2, 0.25) is 0 Å². The molecule has 0 radical (unpaired) electrons. The molecule has 0 saturated heterocycles. The highest BCUT2D eigenvalue weighted by Gasteiger charge is 2.26. The Morgan fingerprint density at radius 2 is 1.83 bits per heavy atom. The molecule has 2 N–H and O–H groups in total. The topological polar surface area (TPSA) is 84.0 Å². The molecule has 2 aromatic rings. The summed E-state index contributed by atoms with van der Waals surface area (Å²) < 4.78 is 0.987. The number of unbranched alkanes of at least 4 members (excludes halogenated alkanes) is 3. The lowest BCUT2D eigenvalue weighted by Crippen LogP contribution is -2.47. The average Bonchev–Trinajstić information content (AvgIpc) is 3.17. The number of nitrogens with one attached hydrogen (secondary N) is 2. The van der Waals surface area contributed by atoms with Gasteiger partial charge in [-0.3, -0.25) is 14.9 Å².